The van der Waals surface area contributed by atoms with E-state index >= 15 is 0 Å². The molecule has 0 saturated heterocycles. The highest BCUT2D eigenvalue weighted by Gasteiger charge is 2.06. The molecule has 0 heterocycles. The molecular formula is C16H17BrN2O2. The molecule has 2 rings (SSSR count). The van der Waals surface area contributed by atoms with E-state index in [4.69, 9.17) is 10.5 Å². The number of hydrogen-bond donors (Lipinski definition) is 2. The summed E-state index contributed by atoms with van der Waals surface area (Å²) in [5.41, 5.74) is 8.09. The minimum absolute atomic E-state index is 0.0772. The van der Waals surface area contributed by atoms with E-state index in [-0.39, 0.29) is 12.3 Å². The number of nitrogens with one attached hydrogen (secondary N) is 1. The van der Waals surface area contributed by atoms with Crippen LogP contribution in [0.5, 0.6) is 5.75 Å². The third-order valence-electron chi connectivity index (χ3n) is 3.02. The molecule has 1 amide bonds. The summed E-state index contributed by atoms with van der Waals surface area (Å²) in [5, 5.41) is 2.88. The van der Waals surface area contributed by atoms with Crippen molar-refractivity contribution < 1.29 is 9.53 Å². The first-order valence-electron chi connectivity index (χ1n) is 6.59. The molecule has 0 aliphatic heterocycles. The van der Waals surface area contributed by atoms with E-state index < -0.39 is 0 Å². The predicted octanol–water partition coefficient (Wildman–Crippen LogP) is 3.75. The summed E-state index contributed by atoms with van der Waals surface area (Å²) in [6.45, 7) is 2.27. The first-order chi connectivity index (χ1) is 10.1. The van der Waals surface area contributed by atoms with Gasteiger partial charge >= 0.3 is 0 Å². The maximum absolute atomic E-state index is 11.9. The molecule has 2 aromatic carbocycles. The number of nitrogen functional groups attached to an aromatic ring is 1. The molecule has 4 nitrogen and oxygen atoms in total. The standard InChI is InChI=1S/C16H17BrN2O2/c1-11-14(17)3-2-4-15(11)19-16(20)9-10-21-13-7-5-12(18)6-8-13/h2-8H,9-10,18H2,1H3,(H,19,20). The van der Waals surface area contributed by atoms with Gasteiger partial charge in [0.25, 0.3) is 0 Å². The Morgan fingerprint density at radius 3 is 2.67 bits per heavy atom. The summed E-state index contributed by atoms with van der Waals surface area (Å²) >= 11 is 3.44. The van der Waals surface area contributed by atoms with E-state index in [0.717, 1.165) is 15.7 Å². The molecule has 0 spiro atoms. The highest BCUT2D eigenvalue weighted by Crippen LogP contribution is 2.23. The van der Waals surface area contributed by atoms with Crippen molar-refractivity contribution in [3.8, 4) is 5.75 Å². The lowest BCUT2D eigenvalue weighted by Crippen LogP contribution is -2.15. The number of anilines is 2. The fraction of sp³-hybridized carbons (Fsp3) is 0.188. The summed E-state index contributed by atoms with van der Waals surface area (Å²) in [4.78, 5) is 11.9. The molecule has 2 aromatic rings. The van der Waals surface area contributed by atoms with Gasteiger partial charge in [0, 0.05) is 15.8 Å². The second-order valence-electron chi connectivity index (χ2n) is 4.63. The molecule has 3 N–H and O–H groups in total. The van der Waals surface area contributed by atoms with Gasteiger partial charge in [0.15, 0.2) is 0 Å². The zero-order valence-corrected chi connectivity index (χ0v) is 13.3. The van der Waals surface area contributed by atoms with E-state index in [9.17, 15) is 4.79 Å². The summed E-state index contributed by atoms with van der Waals surface area (Å²) in [5.74, 6) is 0.627. The fourth-order valence-electron chi connectivity index (χ4n) is 1.78. The number of hydrogen-bond acceptors (Lipinski definition) is 3. The molecule has 5 heteroatoms. The third kappa shape index (κ3) is 4.49. The van der Waals surface area contributed by atoms with Crippen LogP contribution in [0.25, 0.3) is 0 Å². The van der Waals surface area contributed by atoms with Crippen molar-refractivity contribution in [2.75, 3.05) is 17.7 Å². The van der Waals surface area contributed by atoms with Gasteiger partial charge in [-0.15, -0.1) is 0 Å². The smallest absolute Gasteiger partial charge is 0.227 e. The number of ether oxygens (including phenoxy) is 1. The number of carbonyl (C=O) groups excluding carboxylic acids is 1. The van der Waals surface area contributed by atoms with Gasteiger partial charge in [-0.05, 0) is 48.9 Å². The molecule has 0 unspecified atom stereocenters. The van der Waals surface area contributed by atoms with E-state index in [2.05, 4.69) is 21.2 Å². The van der Waals surface area contributed by atoms with Crippen LogP contribution in [0.1, 0.15) is 12.0 Å². The topological polar surface area (TPSA) is 64.3 Å². The Balaban J connectivity index is 1.82. The van der Waals surface area contributed by atoms with Gasteiger partial charge in [0.1, 0.15) is 5.75 Å². The van der Waals surface area contributed by atoms with Crippen LogP contribution >= 0.6 is 15.9 Å². The molecule has 0 aliphatic rings. The van der Waals surface area contributed by atoms with Crippen LogP contribution in [0, 0.1) is 6.92 Å². The highest BCUT2D eigenvalue weighted by molar-refractivity contribution is 9.10. The van der Waals surface area contributed by atoms with Gasteiger partial charge in [-0.1, -0.05) is 22.0 Å². The SMILES string of the molecule is Cc1c(Br)cccc1NC(=O)CCOc1ccc(N)cc1. The van der Waals surface area contributed by atoms with Crippen LogP contribution in [0.4, 0.5) is 11.4 Å². The number of carbonyl (C=O) groups is 1. The number of amides is 1. The van der Waals surface area contributed by atoms with Crippen LogP contribution < -0.4 is 15.8 Å². The summed E-state index contributed by atoms with van der Waals surface area (Å²) < 4.78 is 6.47. The number of benzene rings is 2. The molecule has 0 bridgehead atoms. The lowest BCUT2D eigenvalue weighted by Gasteiger charge is -2.10. The van der Waals surface area contributed by atoms with Gasteiger partial charge < -0.3 is 15.8 Å². The van der Waals surface area contributed by atoms with Gasteiger partial charge in [-0.25, -0.2) is 0 Å². The molecule has 0 atom stereocenters. The Morgan fingerprint density at radius 2 is 1.95 bits per heavy atom. The van der Waals surface area contributed by atoms with Crippen molar-refractivity contribution in [2.45, 2.75) is 13.3 Å². The average molecular weight is 349 g/mol. The normalized spacial score (nSPS) is 10.2. The third-order valence-corrected chi connectivity index (χ3v) is 3.88. The number of rotatable bonds is 5. The van der Waals surface area contributed by atoms with Crippen LogP contribution in [-0.2, 0) is 4.79 Å². The zero-order valence-electron chi connectivity index (χ0n) is 11.7. The Hall–Kier alpha value is -2.01. The van der Waals surface area contributed by atoms with Gasteiger partial charge in [-0.3, -0.25) is 4.79 Å². The first-order valence-corrected chi connectivity index (χ1v) is 7.39. The number of nitrogens with two attached hydrogens (primary N) is 1. The van der Waals surface area contributed by atoms with Gasteiger partial charge in [-0.2, -0.15) is 0 Å². The minimum atomic E-state index is -0.0772. The Kier molecular flexibility index (Phi) is 5.22. The maximum Gasteiger partial charge on any atom is 0.227 e. The summed E-state index contributed by atoms with van der Waals surface area (Å²) in [6.07, 6.45) is 0.288. The molecule has 0 radical (unpaired) electrons. The minimum Gasteiger partial charge on any atom is -0.493 e. The van der Waals surface area contributed by atoms with E-state index in [0.29, 0.717) is 18.0 Å². The molecule has 21 heavy (non-hydrogen) atoms. The number of halogens is 1. The van der Waals surface area contributed by atoms with E-state index in [1.165, 1.54) is 0 Å². The van der Waals surface area contributed by atoms with Crippen LogP contribution in [0.3, 0.4) is 0 Å². The Bertz CT molecular complexity index is 627. The predicted molar refractivity (Wildman–Crippen MR) is 88.5 cm³/mol. The molecule has 110 valence electrons. The maximum atomic E-state index is 11.9. The molecule has 0 saturated carbocycles. The molecule has 0 fully saturated rings. The van der Waals surface area contributed by atoms with Crippen molar-refractivity contribution in [1.82, 2.24) is 0 Å². The van der Waals surface area contributed by atoms with Crippen molar-refractivity contribution >= 4 is 33.2 Å². The first kappa shape index (κ1) is 15.4. The lowest BCUT2D eigenvalue weighted by molar-refractivity contribution is -0.116. The largest absolute Gasteiger partial charge is 0.493 e. The fourth-order valence-corrected chi connectivity index (χ4v) is 2.15. The van der Waals surface area contributed by atoms with E-state index in [1.807, 2.05) is 25.1 Å². The molecule has 0 aliphatic carbocycles. The van der Waals surface area contributed by atoms with Crippen molar-refractivity contribution in [3.63, 3.8) is 0 Å². The molecular weight excluding hydrogens is 332 g/mol. The van der Waals surface area contributed by atoms with Crippen molar-refractivity contribution in [2.24, 2.45) is 0 Å². The zero-order chi connectivity index (χ0) is 15.2. The monoisotopic (exact) mass is 348 g/mol. The second-order valence-corrected chi connectivity index (χ2v) is 5.48. The highest BCUT2D eigenvalue weighted by atomic mass is 79.9. The van der Waals surface area contributed by atoms with Crippen molar-refractivity contribution in [1.29, 1.82) is 0 Å². The van der Waals surface area contributed by atoms with Crippen LogP contribution in [-0.4, -0.2) is 12.5 Å². The van der Waals surface area contributed by atoms with Crippen molar-refractivity contribution in [3.05, 3.63) is 52.5 Å². The molecule has 0 aromatic heterocycles. The summed E-state index contributed by atoms with van der Waals surface area (Å²) in [7, 11) is 0. The van der Waals surface area contributed by atoms with Gasteiger partial charge in [0.2, 0.25) is 5.91 Å². The lowest BCUT2D eigenvalue weighted by atomic mass is 10.2. The average Bonchev–Trinajstić information content (AvgIpc) is 2.46. The van der Waals surface area contributed by atoms with E-state index in [1.54, 1.807) is 24.3 Å². The summed E-state index contributed by atoms with van der Waals surface area (Å²) in [6, 6.07) is 12.8. The quantitative estimate of drug-likeness (QED) is 0.808. The Labute approximate surface area is 132 Å². The van der Waals surface area contributed by atoms with Gasteiger partial charge in [0.05, 0.1) is 13.0 Å². The van der Waals surface area contributed by atoms with Crippen LogP contribution in [0.15, 0.2) is 46.9 Å². The van der Waals surface area contributed by atoms with Crippen LogP contribution in [0.2, 0.25) is 0 Å². The Morgan fingerprint density at radius 1 is 1.24 bits per heavy atom. The second kappa shape index (κ2) is 7.13.